The van der Waals surface area contributed by atoms with Crippen LogP contribution in [0.2, 0.25) is 0 Å². The largest absolute Gasteiger partial charge is 0.368 e. The van der Waals surface area contributed by atoms with Crippen LogP contribution < -0.4 is 21.7 Å². The number of aryl methyl sites for hydroxylation is 1. The molecule has 1 unspecified atom stereocenters. The summed E-state index contributed by atoms with van der Waals surface area (Å²) in [5.74, 6) is -2.86. The molecule has 12 nitrogen and oxygen atoms in total. The van der Waals surface area contributed by atoms with Crippen molar-refractivity contribution in [1.29, 1.82) is 0 Å². The molecule has 0 bridgehead atoms. The van der Waals surface area contributed by atoms with Gasteiger partial charge in [-0.15, -0.1) is 0 Å². The van der Waals surface area contributed by atoms with Crippen LogP contribution in [0.25, 0.3) is 0 Å². The van der Waals surface area contributed by atoms with Gasteiger partial charge in [-0.25, -0.2) is 0 Å². The number of primary amides is 1. The molecule has 4 atom stereocenters. The number of nitrogens with zero attached hydrogens (tertiary/aromatic N) is 1. The number of nitrogens with one attached hydrogen (secondary N) is 3. The zero-order valence-corrected chi connectivity index (χ0v) is 24.0. The minimum absolute atomic E-state index is 0.118. The highest BCUT2D eigenvalue weighted by Gasteiger charge is 2.51. The maximum Gasteiger partial charge on any atom is 0.272 e. The molecule has 1 aliphatic carbocycles. The molecule has 44 heavy (non-hydrogen) atoms. The monoisotopic (exact) mass is 599 g/mol. The first-order valence-corrected chi connectivity index (χ1v) is 14.3. The highest BCUT2D eigenvalue weighted by molar-refractivity contribution is 5.97. The molecular weight excluding hydrogens is 566 g/mol. The summed E-state index contributed by atoms with van der Waals surface area (Å²) in [5.41, 5.74) is 9.46. The van der Waals surface area contributed by atoms with Crippen molar-refractivity contribution in [3.8, 4) is 0 Å². The maximum absolute atomic E-state index is 13.6. The Morgan fingerprint density at radius 3 is 2.18 bits per heavy atom. The SMILES string of the molecule is Cc1ccc(C[C@@H](NC(=O)C2O[C@@H]2C(=O)NCc2ccccc2)C(=O)N[C@@H](C(N)=O)C2Cc3ccccc3C2)cc1[N+](=O)[O-]. The van der Waals surface area contributed by atoms with Gasteiger partial charge in [0.25, 0.3) is 17.5 Å². The smallest absolute Gasteiger partial charge is 0.272 e. The number of carbonyl (C=O) groups excluding carboxylic acids is 4. The number of rotatable bonds is 12. The Morgan fingerprint density at radius 2 is 1.55 bits per heavy atom. The van der Waals surface area contributed by atoms with E-state index in [4.69, 9.17) is 10.5 Å². The third-order valence-electron chi connectivity index (χ3n) is 8.02. The number of carbonyl (C=O) groups is 4. The predicted molar refractivity (Wildman–Crippen MR) is 159 cm³/mol. The summed E-state index contributed by atoms with van der Waals surface area (Å²) in [6, 6.07) is 19.2. The Hall–Kier alpha value is -5.10. The fourth-order valence-corrected chi connectivity index (χ4v) is 5.58. The molecule has 12 heteroatoms. The molecule has 1 aliphatic heterocycles. The van der Waals surface area contributed by atoms with Crippen LogP contribution in [0.3, 0.4) is 0 Å². The molecule has 0 radical (unpaired) electrons. The zero-order chi connectivity index (χ0) is 31.4. The Morgan fingerprint density at radius 1 is 0.909 bits per heavy atom. The summed E-state index contributed by atoms with van der Waals surface area (Å²) in [6.45, 7) is 1.85. The van der Waals surface area contributed by atoms with Gasteiger partial charge in [-0.1, -0.05) is 66.7 Å². The summed E-state index contributed by atoms with van der Waals surface area (Å²) in [5, 5.41) is 19.6. The van der Waals surface area contributed by atoms with Gasteiger partial charge in [0.1, 0.15) is 12.1 Å². The summed E-state index contributed by atoms with van der Waals surface area (Å²) < 4.78 is 5.34. The van der Waals surface area contributed by atoms with Crippen molar-refractivity contribution < 1.29 is 28.8 Å². The van der Waals surface area contributed by atoms with Crippen LogP contribution in [0.15, 0.2) is 72.8 Å². The van der Waals surface area contributed by atoms with E-state index in [0.29, 0.717) is 24.0 Å². The number of nitro benzene ring substituents is 1. The minimum Gasteiger partial charge on any atom is -0.368 e. The van der Waals surface area contributed by atoms with Gasteiger partial charge in [0.05, 0.1) is 4.92 Å². The van der Waals surface area contributed by atoms with E-state index < -0.39 is 52.8 Å². The summed E-state index contributed by atoms with van der Waals surface area (Å²) in [6.07, 6.45) is -1.18. The van der Waals surface area contributed by atoms with E-state index >= 15 is 0 Å². The molecule has 2 aliphatic rings. The molecule has 228 valence electrons. The van der Waals surface area contributed by atoms with Crippen molar-refractivity contribution in [2.24, 2.45) is 11.7 Å². The normalized spacial score (nSPS) is 18.4. The Labute approximate surface area is 253 Å². The topological polar surface area (TPSA) is 186 Å². The molecular formula is C32H33N5O7. The van der Waals surface area contributed by atoms with E-state index in [-0.39, 0.29) is 24.6 Å². The van der Waals surface area contributed by atoms with Crippen LogP contribution in [0.1, 0.15) is 27.8 Å². The van der Waals surface area contributed by atoms with Crippen LogP contribution in [0, 0.1) is 23.0 Å². The number of nitrogens with two attached hydrogens (primary N) is 1. The van der Waals surface area contributed by atoms with Crippen LogP contribution in [0.5, 0.6) is 0 Å². The fraction of sp³-hybridized carbons (Fsp3) is 0.312. The number of nitro groups is 1. The molecule has 1 fully saturated rings. The van der Waals surface area contributed by atoms with E-state index in [1.165, 1.54) is 6.07 Å². The lowest BCUT2D eigenvalue weighted by atomic mass is 9.95. The van der Waals surface area contributed by atoms with E-state index in [0.717, 1.165) is 16.7 Å². The van der Waals surface area contributed by atoms with Crippen LogP contribution in [0.4, 0.5) is 5.69 Å². The molecule has 1 heterocycles. The molecule has 4 amide bonds. The van der Waals surface area contributed by atoms with Gasteiger partial charge in [-0.2, -0.15) is 0 Å². The van der Waals surface area contributed by atoms with E-state index in [9.17, 15) is 29.3 Å². The molecule has 3 aromatic rings. The van der Waals surface area contributed by atoms with Crippen molar-refractivity contribution in [1.82, 2.24) is 16.0 Å². The van der Waals surface area contributed by atoms with E-state index in [1.54, 1.807) is 19.1 Å². The number of ether oxygens (including phenoxy) is 1. The number of fused-ring (bicyclic) bond motifs is 1. The Bertz CT molecular complexity index is 1570. The van der Waals surface area contributed by atoms with Gasteiger partial charge in [0.2, 0.25) is 11.8 Å². The zero-order valence-electron chi connectivity index (χ0n) is 24.0. The first-order chi connectivity index (χ1) is 21.1. The first kappa shape index (κ1) is 30.4. The van der Waals surface area contributed by atoms with Gasteiger partial charge in [-0.05, 0) is 47.9 Å². The molecule has 3 aromatic carbocycles. The molecule has 0 saturated carbocycles. The molecule has 0 aromatic heterocycles. The maximum atomic E-state index is 13.6. The van der Waals surface area contributed by atoms with Crippen molar-refractivity contribution in [2.45, 2.75) is 57.0 Å². The number of amides is 4. The number of hydrogen-bond donors (Lipinski definition) is 4. The van der Waals surface area contributed by atoms with Gasteiger partial charge in [0.15, 0.2) is 12.2 Å². The average Bonchev–Trinajstić information content (AvgIpc) is 3.71. The highest BCUT2D eigenvalue weighted by atomic mass is 16.6. The highest BCUT2D eigenvalue weighted by Crippen LogP contribution is 2.29. The second-order valence-electron chi connectivity index (χ2n) is 11.1. The van der Waals surface area contributed by atoms with Crippen LogP contribution in [-0.4, -0.2) is 52.8 Å². The summed E-state index contributed by atoms with van der Waals surface area (Å²) in [4.78, 5) is 62.9. The van der Waals surface area contributed by atoms with Crippen molar-refractivity contribution in [3.63, 3.8) is 0 Å². The van der Waals surface area contributed by atoms with Crippen LogP contribution >= 0.6 is 0 Å². The lowest BCUT2D eigenvalue weighted by Crippen LogP contribution is -2.56. The number of hydrogen-bond acceptors (Lipinski definition) is 7. The molecule has 5 N–H and O–H groups in total. The number of epoxide rings is 1. The Kier molecular flexibility index (Phi) is 9.00. The third kappa shape index (κ3) is 7.09. The van der Waals surface area contributed by atoms with Crippen LogP contribution in [-0.2, 0) is 49.7 Å². The van der Waals surface area contributed by atoms with E-state index in [1.807, 2.05) is 54.6 Å². The molecule has 0 spiro atoms. The standard InChI is InChI=1S/C32H33N5O7/c1-18-11-12-20(14-25(18)37(42)43)13-24(30(39)36-26(29(33)38)23-15-21-9-5-6-10-22(21)16-23)35-32(41)28-27(44-28)31(40)34-17-19-7-3-2-4-8-19/h2-12,14,23-24,26-28H,13,15-17H2,1H3,(H2,33,38)(H,34,40)(H,35,41)(H,36,39)/t24-,26-,27+,28?/m1/s1. The van der Waals surface area contributed by atoms with Gasteiger partial charge in [0, 0.05) is 24.6 Å². The fourth-order valence-electron chi connectivity index (χ4n) is 5.58. The Balaban J connectivity index is 1.29. The summed E-state index contributed by atoms with van der Waals surface area (Å²) in [7, 11) is 0. The first-order valence-electron chi connectivity index (χ1n) is 14.3. The molecule has 1 saturated heterocycles. The molecule has 5 rings (SSSR count). The van der Waals surface area contributed by atoms with Gasteiger partial charge < -0.3 is 26.4 Å². The van der Waals surface area contributed by atoms with Crippen molar-refractivity contribution in [2.75, 3.05) is 0 Å². The summed E-state index contributed by atoms with van der Waals surface area (Å²) >= 11 is 0. The quantitative estimate of drug-likeness (QED) is 0.138. The second kappa shape index (κ2) is 13.0. The van der Waals surface area contributed by atoms with E-state index in [2.05, 4.69) is 16.0 Å². The lowest BCUT2D eigenvalue weighted by Gasteiger charge is -2.25. The van der Waals surface area contributed by atoms with Gasteiger partial charge in [-0.3, -0.25) is 29.3 Å². The van der Waals surface area contributed by atoms with Gasteiger partial charge >= 0.3 is 0 Å². The minimum atomic E-state index is -1.24. The average molecular weight is 600 g/mol. The predicted octanol–water partition coefficient (Wildman–Crippen LogP) is 1.40. The lowest BCUT2D eigenvalue weighted by molar-refractivity contribution is -0.385. The number of benzene rings is 3. The van der Waals surface area contributed by atoms with Crippen molar-refractivity contribution >= 4 is 29.3 Å². The third-order valence-corrected chi connectivity index (χ3v) is 8.02. The second-order valence-corrected chi connectivity index (χ2v) is 11.1. The van der Waals surface area contributed by atoms with Crippen molar-refractivity contribution in [3.05, 3.63) is 111 Å².